The Morgan fingerprint density at radius 2 is 1.80 bits per heavy atom. The van der Waals surface area contributed by atoms with Gasteiger partial charge in [0.25, 0.3) is 0 Å². The molecule has 25 heavy (non-hydrogen) atoms. The highest BCUT2D eigenvalue weighted by molar-refractivity contribution is 14.0. The van der Waals surface area contributed by atoms with Crippen molar-refractivity contribution in [1.29, 1.82) is 0 Å². The summed E-state index contributed by atoms with van der Waals surface area (Å²) in [6.07, 6.45) is 7.52. The van der Waals surface area contributed by atoms with Crippen LogP contribution in [-0.4, -0.2) is 52.5 Å². The van der Waals surface area contributed by atoms with Gasteiger partial charge in [-0.05, 0) is 43.9 Å². The van der Waals surface area contributed by atoms with Crippen molar-refractivity contribution in [3.05, 3.63) is 0 Å². The Balaban J connectivity index is 0.00000576. The van der Waals surface area contributed by atoms with E-state index in [-0.39, 0.29) is 24.0 Å². The maximum absolute atomic E-state index is 5.64. The summed E-state index contributed by atoms with van der Waals surface area (Å²) in [5, 5.41) is 6.86. The van der Waals surface area contributed by atoms with Gasteiger partial charge in [-0.15, -0.1) is 24.0 Å². The summed E-state index contributed by atoms with van der Waals surface area (Å²) in [6.45, 7) is 11.5. The highest BCUT2D eigenvalue weighted by Crippen LogP contribution is 2.40. The lowest BCUT2D eigenvalue weighted by atomic mass is 9.83. The minimum absolute atomic E-state index is 0. The fraction of sp³-hybridized carbons (Fsp3) is 0.947. The van der Waals surface area contributed by atoms with Gasteiger partial charge in [-0.3, -0.25) is 4.99 Å². The average molecular weight is 469 g/mol. The van der Waals surface area contributed by atoms with Crippen LogP contribution in [0.3, 0.4) is 0 Å². The van der Waals surface area contributed by atoms with Crippen LogP contribution in [0, 0.1) is 11.3 Å². The molecule has 0 spiro atoms. The first kappa shape index (κ1) is 24.9. The number of halogens is 1. The highest BCUT2D eigenvalue weighted by atomic mass is 127. The van der Waals surface area contributed by atoms with Gasteiger partial charge in [-0.2, -0.15) is 0 Å². The highest BCUT2D eigenvalue weighted by Gasteiger charge is 2.33. The zero-order valence-electron chi connectivity index (χ0n) is 16.7. The largest absolute Gasteiger partial charge is 0.382 e. The Morgan fingerprint density at radius 3 is 2.40 bits per heavy atom. The summed E-state index contributed by atoms with van der Waals surface area (Å²) in [5.41, 5.74) is 0.376. The molecule has 1 rings (SSSR count). The number of aliphatic imine (C=N–C) groups is 1. The molecule has 0 aliphatic heterocycles. The average Bonchev–Trinajstić information content (AvgIpc) is 3.02. The Kier molecular flexibility index (Phi) is 15.0. The van der Waals surface area contributed by atoms with Gasteiger partial charge < -0.3 is 20.1 Å². The maximum Gasteiger partial charge on any atom is 0.191 e. The number of nitrogens with zero attached hydrogens (tertiary/aromatic N) is 1. The summed E-state index contributed by atoms with van der Waals surface area (Å²) in [6, 6.07) is 0. The van der Waals surface area contributed by atoms with E-state index >= 15 is 0 Å². The molecule has 1 fully saturated rings. The molecule has 0 aromatic heterocycles. The summed E-state index contributed by atoms with van der Waals surface area (Å²) in [7, 11) is 1.83. The molecule has 0 heterocycles. The van der Waals surface area contributed by atoms with Crippen molar-refractivity contribution in [3.8, 4) is 0 Å². The minimum Gasteiger partial charge on any atom is -0.382 e. The second kappa shape index (κ2) is 15.0. The fourth-order valence-electron chi connectivity index (χ4n) is 3.23. The lowest BCUT2D eigenvalue weighted by Crippen LogP contribution is -2.44. The van der Waals surface area contributed by atoms with Gasteiger partial charge >= 0.3 is 0 Å². The minimum atomic E-state index is 0. The zero-order valence-corrected chi connectivity index (χ0v) is 19.1. The van der Waals surface area contributed by atoms with Crippen LogP contribution in [0.2, 0.25) is 0 Å². The van der Waals surface area contributed by atoms with Crippen LogP contribution in [-0.2, 0) is 9.47 Å². The molecule has 0 unspecified atom stereocenters. The van der Waals surface area contributed by atoms with Crippen LogP contribution in [0.25, 0.3) is 0 Å². The maximum atomic E-state index is 5.64. The van der Waals surface area contributed by atoms with Gasteiger partial charge in [0, 0.05) is 40.0 Å². The third-order valence-electron chi connectivity index (χ3n) is 4.88. The summed E-state index contributed by atoms with van der Waals surface area (Å²) >= 11 is 0. The van der Waals surface area contributed by atoms with Gasteiger partial charge in [-0.25, -0.2) is 0 Å². The van der Waals surface area contributed by atoms with E-state index < -0.39 is 0 Å². The SMILES string of the molecule is CCOCCC1(CNC(=NC)NCCOCCC(C)C)CCCC1.I. The van der Waals surface area contributed by atoms with Gasteiger partial charge in [0.05, 0.1) is 6.61 Å². The third kappa shape index (κ3) is 11.3. The first-order valence-corrected chi connectivity index (χ1v) is 9.72. The molecule has 0 aromatic carbocycles. The standard InChI is InChI=1S/C19H39N3O2.HI/c1-5-23-14-11-19(9-6-7-10-19)16-22-18(20-4)21-12-15-24-13-8-17(2)3;/h17H,5-16H2,1-4H3,(H2,20,21,22);1H. The number of ether oxygens (including phenoxy) is 2. The van der Waals surface area contributed by atoms with E-state index in [0.717, 1.165) is 58.3 Å². The van der Waals surface area contributed by atoms with E-state index in [0.29, 0.717) is 11.3 Å². The van der Waals surface area contributed by atoms with E-state index in [1.54, 1.807) is 0 Å². The van der Waals surface area contributed by atoms with Crippen LogP contribution < -0.4 is 10.6 Å². The molecule has 0 atom stereocenters. The van der Waals surface area contributed by atoms with Crippen molar-refractivity contribution < 1.29 is 9.47 Å². The van der Waals surface area contributed by atoms with Crippen molar-refractivity contribution in [2.45, 2.75) is 59.3 Å². The van der Waals surface area contributed by atoms with Crippen molar-refractivity contribution in [2.75, 3.05) is 46.6 Å². The molecule has 2 N–H and O–H groups in total. The van der Waals surface area contributed by atoms with Crippen LogP contribution >= 0.6 is 24.0 Å². The molecule has 150 valence electrons. The second-order valence-electron chi connectivity index (χ2n) is 7.30. The Hall–Kier alpha value is -0.0800. The number of hydrogen-bond donors (Lipinski definition) is 2. The number of nitrogens with one attached hydrogen (secondary N) is 2. The summed E-state index contributed by atoms with van der Waals surface area (Å²) in [4.78, 5) is 4.33. The van der Waals surface area contributed by atoms with E-state index in [1.165, 1.54) is 25.7 Å². The number of rotatable bonds is 12. The van der Waals surface area contributed by atoms with Gasteiger partial charge in [-0.1, -0.05) is 26.7 Å². The molecular weight excluding hydrogens is 429 g/mol. The van der Waals surface area contributed by atoms with Crippen molar-refractivity contribution in [3.63, 3.8) is 0 Å². The van der Waals surface area contributed by atoms with Crippen molar-refractivity contribution in [2.24, 2.45) is 16.3 Å². The fourth-order valence-corrected chi connectivity index (χ4v) is 3.23. The van der Waals surface area contributed by atoms with Gasteiger partial charge in [0.2, 0.25) is 0 Å². The first-order chi connectivity index (χ1) is 11.6. The molecule has 1 aliphatic carbocycles. The van der Waals surface area contributed by atoms with E-state index in [4.69, 9.17) is 9.47 Å². The monoisotopic (exact) mass is 469 g/mol. The van der Waals surface area contributed by atoms with E-state index in [1.807, 2.05) is 7.05 Å². The molecule has 5 nitrogen and oxygen atoms in total. The topological polar surface area (TPSA) is 54.9 Å². The molecule has 0 radical (unpaired) electrons. The molecule has 1 saturated carbocycles. The smallest absolute Gasteiger partial charge is 0.191 e. The molecule has 0 amide bonds. The van der Waals surface area contributed by atoms with E-state index in [2.05, 4.69) is 36.4 Å². The Morgan fingerprint density at radius 1 is 1.08 bits per heavy atom. The molecule has 6 heteroatoms. The predicted octanol–water partition coefficient (Wildman–Crippen LogP) is 3.82. The Labute approximate surface area is 172 Å². The third-order valence-corrected chi connectivity index (χ3v) is 4.88. The van der Waals surface area contributed by atoms with Gasteiger partial charge in [0.1, 0.15) is 0 Å². The van der Waals surface area contributed by atoms with Crippen LogP contribution in [0.1, 0.15) is 59.3 Å². The zero-order chi connectivity index (χ0) is 17.7. The number of hydrogen-bond acceptors (Lipinski definition) is 3. The van der Waals surface area contributed by atoms with Crippen LogP contribution in [0.15, 0.2) is 4.99 Å². The Bertz CT molecular complexity index is 346. The normalized spacial score (nSPS) is 16.8. The summed E-state index contributed by atoms with van der Waals surface area (Å²) < 4.78 is 11.2. The van der Waals surface area contributed by atoms with Gasteiger partial charge in [0.15, 0.2) is 5.96 Å². The lowest BCUT2D eigenvalue weighted by Gasteiger charge is -2.30. The quantitative estimate of drug-likeness (QED) is 0.198. The molecule has 0 aromatic rings. The van der Waals surface area contributed by atoms with Crippen molar-refractivity contribution in [1.82, 2.24) is 10.6 Å². The second-order valence-corrected chi connectivity index (χ2v) is 7.30. The van der Waals surface area contributed by atoms with Crippen molar-refractivity contribution >= 4 is 29.9 Å². The predicted molar refractivity (Wildman–Crippen MR) is 117 cm³/mol. The molecule has 0 saturated heterocycles. The lowest BCUT2D eigenvalue weighted by molar-refractivity contribution is 0.105. The molecule has 0 bridgehead atoms. The molecule has 1 aliphatic rings. The number of guanidine groups is 1. The van der Waals surface area contributed by atoms with E-state index in [9.17, 15) is 0 Å². The van der Waals surface area contributed by atoms with Crippen LogP contribution in [0.4, 0.5) is 0 Å². The summed E-state index contributed by atoms with van der Waals surface area (Å²) in [5.74, 6) is 1.58. The van der Waals surface area contributed by atoms with Crippen LogP contribution in [0.5, 0.6) is 0 Å². The molecular formula is C19H40IN3O2. The first-order valence-electron chi connectivity index (χ1n) is 9.72.